The Kier molecular flexibility index (Phi) is 9.21. The molecule has 2 heterocycles. The second-order valence-electron chi connectivity index (χ2n) is 9.65. The van der Waals surface area contributed by atoms with Crippen LogP contribution in [0.5, 0.6) is 0 Å². The van der Waals surface area contributed by atoms with E-state index in [-0.39, 0.29) is 5.91 Å². The molecule has 0 fully saturated rings. The van der Waals surface area contributed by atoms with Gasteiger partial charge < -0.3 is 20.1 Å². The molecule has 0 radical (unpaired) electrons. The zero-order valence-electron chi connectivity index (χ0n) is 22.5. The average molecular weight is 512 g/mol. The molecule has 0 aliphatic carbocycles. The molecule has 1 aromatic heterocycles. The van der Waals surface area contributed by atoms with Crippen molar-refractivity contribution in [3.8, 4) is 5.69 Å². The van der Waals surface area contributed by atoms with Gasteiger partial charge >= 0.3 is 0 Å². The molecule has 0 saturated carbocycles. The molecule has 0 atom stereocenters. The molecule has 0 bridgehead atoms. The van der Waals surface area contributed by atoms with E-state index in [4.69, 9.17) is 5.41 Å². The molecule has 2 aromatic carbocycles. The minimum atomic E-state index is -0.216. The van der Waals surface area contributed by atoms with Gasteiger partial charge in [-0.15, -0.1) is 0 Å². The number of carbonyl (C=O) groups is 1. The summed E-state index contributed by atoms with van der Waals surface area (Å²) >= 11 is 0. The van der Waals surface area contributed by atoms with Gasteiger partial charge in [0.1, 0.15) is 5.82 Å². The summed E-state index contributed by atoms with van der Waals surface area (Å²) in [5.41, 5.74) is 4.41. The molecule has 0 spiro atoms. The largest absolute Gasteiger partial charge is 0.357 e. The van der Waals surface area contributed by atoms with E-state index in [1.165, 1.54) is 5.56 Å². The van der Waals surface area contributed by atoms with E-state index in [0.29, 0.717) is 24.5 Å². The number of carbonyl (C=O) groups excluding carboxylic acids is 1. The summed E-state index contributed by atoms with van der Waals surface area (Å²) in [6.07, 6.45) is 9.70. The Hall–Kier alpha value is -4.04. The molecule has 1 amide bonds. The van der Waals surface area contributed by atoms with Crippen molar-refractivity contribution in [1.82, 2.24) is 19.6 Å². The number of nitrogens with zero attached hydrogens (tertiary/aromatic N) is 6. The van der Waals surface area contributed by atoms with Gasteiger partial charge in [0.2, 0.25) is 0 Å². The number of aliphatic imine (C=N–C) groups is 1. The third kappa shape index (κ3) is 6.63. The highest BCUT2D eigenvalue weighted by molar-refractivity contribution is 6.19. The highest BCUT2D eigenvalue weighted by Gasteiger charge is 2.27. The molecular formula is C30H37N7O. The first kappa shape index (κ1) is 27.0. The number of hydrogen-bond acceptors (Lipinski definition) is 6. The summed E-state index contributed by atoms with van der Waals surface area (Å²) < 4.78 is 1.85. The van der Waals surface area contributed by atoms with Gasteiger partial charge in [-0.1, -0.05) is 49.7 Å². The Morgan fingerprint density at radius 1 is 1.08 bits per heavy atom. The SMILES string of the molecule is CCC/C=N/C1=C(C=N)C(=O)N(c2cccc(-n3cc(CN(C)CCc4ccccc4)cn3)c2)CCN1C. The van der Waals surface area contributed by atoms with E-state index in [0.717, 1.165) is 55.5 Å². The lowest BCUT2D eigenvalue weighted by molar-refractivity contribution is -0.114. The van der Waals surface area contributed by atoms with Gasteiger partial charge in [0.25, 0.3) is 5.91 Å². The fourth-order valence-corrected chi connectivity index (χ4v) is 4.47. The number of aromatic nitrogens is 2. The number of anilines is 1. The standard InChI is InChI=1S/C30H37N7O/c1-4-5-15-32-29-28(20-31)30(38)36(18-17-35(29)3)26-12-9-13-27(19-26)37-23-25(21-33-37)22-34(2)16-14-24-10-7-6-8-11-24/h6-13,15,19-21,23,31H,4-5,14,16-18,22H2,1-3H3/b31-20?,32-15+. The van der Waals surface area contributed by atoms with E-state index in [2.05, 4.69) is 53.2 Å². The van der Waals surface area contributed by atoms with E-state index in [9.17, 15) is 4.79 Å². The molecule has 8 heteroatoms. The van der Waals surface area contributed by atoms with Crippen molar-refractivity contribution in [2.24, 2.45) is 4.99 Å². The van der Waals surface area contributed by atoms with Gasteiger partial charge in [-0.05, 0) is 43.7 Å². The first-order chi connectivity index (χ1) is 18.5. The smallest absolute Gasteiger partial charge is 0.263 e. The lowest BCUT2D eigenvalue weighted by atomic mass is 10.1. The van der Waals surface area contributed by atoms with Crippen molar-refractivity contribution in [1.29, 1.82) is 5.41 Å². The zero-order chi connectivity index (χ0) is 26.9. The number of benzene rings is 2. The van der Waals surface area contributed by atoms with Crippen LogP contribution in [-0.4, -0.2) is 71.6 Å². The monoisotopic (exact) mass is 511 g/mol. The zero-order valence-corrected chi connectivity index (χ0v) is 22.5. The number of rotatable bonds is 11. The van der Waals surface area contributed by atoms with Crippen LogP contribution >= 0.6 is 0 Å². The maximum Gasteiger partial charge on any atom is 0.263 e. The average Bonchev–Trinajstić information content (AvgIpc) is 3.36. The second-order valence-corrected chi connectivity index (χ2v) is 9.65. The van der Waals surface area contributed by atoms with Gasteiger partial charge in [0, 0.05) is 63.1 Å². The molecule has 38 heavy (non-hydrogen) atoms. The quantitative estimate of drug-likeness (QED) is 0.383. The van der Waals surface area contributed by atoms with Gasteiger partial charge in [0.05, 0.1) is 17.5 Å². The number of hydrogen-bond donors (Lipinski definition) is 1. The van der Waals surface area contributed by atoms with Crippen LogP contribution in [0.15, 0.2) is 83.4 Å². The number of unbranched alkanes of at least 4 members (excludes halogenated alkanes) is 1. The van der Waals surface area contributed by atoms with Crippen LogP contribution in [0.25, 0.3) is 5.69 Å². The third-order valence-electron chi connectivity index (χ3n) is 6.63. The van der Waals surface area contributed by atoms with E-state index < -0.39 is 0 Å². The molecule has 198 valence electrons. The fourth-order valence-electron chi connectivity index (χ4n) is 4.47. The minimum absolute atomic E-state index is 0.216. The normalized spacial score (nSPS) is 14.6. The van der Waals surface area contributed by atoms with Crippen molar-refractivity contribution in [3.63, 3.8) is 0 Å². The van der Waals surface area contributed by atoms with Crippen molar-refractivity contribution in [2.45, 2.75) is 32.7 Å². The van der Waals surface area contributed by atoms with Crippen LogP contribution in [-0.2, 0) is 17.8 Å². The predicted molar refractivity (Wildman–Crippen MR) is 154 cm³/mol. The van der Waals surface area contributed by atoms with Crippen LogP contribution in [0.1, 0.15) is 30.9 Å². The molecule has 1 aliphatic heterocycles. The first-order valence-corrected chi connectivity index (χ1v) is 13.2. The topological polar surface area (TPSA) is 80.8 Å². The summed E-state index contributed by atoms with van der Waals surface area (Å²) in [4.78, 5) is 24.0. The Morgan fingerprint density at radius 3 is 2.63 bits per heavy atom. The summed E-state index contributed by atoms with van der Waals surface area (Å²) in [6, 6.07) is 18.3. The summed E-state index contributed by atoms with van der Waals surface area (Å²) in [7, 11) is 4.04. The van der Waals surface area contributed by atoms with Crippen molar-refractivity contribution >= 4 is 24.0 Å². The van der Waals surface area contributed by atoms with Gasteiger partial charge in [0.15, 0.2) is 0 Å². The summed E-state index contributed by atoms with van der Waals surface area (Å²) in [6.45, 7) is 4.97. The lowest BCUT2D eigenvalue weighted by Gasteiger charge is -2.22. The van der Waals surface area contributed by atoms with Gasteiger partial charge in [-0.2, -0.15) is 5.10 Å². The summed E-state index contributed by atoms with van der Waals surface area (Å²) in [5.74, 6) is 0.330. The van der Waals surface area contributed by atoms with Crippen molar-refractivity contribution in [3.05, 3.63) is 89.5 Å². The highest BCUT2D eigenvalue weighted by Crippen LogP contribution is 2.24. The van der Waals surface area contributed by atoms with Crippen LogP contribution < -0.4 is 4.90 Å². The maximum atomic E-state index is 13.5. The van der Waals surface area contributed by atoms with Crippen molar-refractivity contribution < 1.29 is 4.79 Å². The highest BCUT2D eigenvalue weighted by atomic mass is 16.2. The Labute approximate surface area is 225 Å². The second kappa shape index (κ2) is 13.0. The van der Waals surface area contributed by atoms with Gasteiger partial charge in [-0.3, -0.25) is 4.79 Å². The van der Waals surface area contributed by atoms with Crippen LogP contribution in [0, 0.1) is 5.41 Å². The predicted octanol–water partition coefficient (Wildman–Crippen LogP) is 4.56. The van der Waals surface area contributed by atoms with E-state index in [1.807, 2.05) is 65.6 Å². The Balaban J connectivity index is 1.48. The van der Waals surface area contributed by atoms with Crippen molar-refractivity contribution in [2.75, 3.05) is 38.6 Å². The Bertz CT molecular complexity index is 1290. The minimum Gasteiger partial charge on any atom is -0.357 e. The summed E-state index contributed by atoms with van der Waals surface area (Å²) in [5, 5.41) is 12.5. The Morgan fingerprint density at radius 2 is 1.87 bits per heavy atom. The molecule has 1 aliphatic rings. The first-order valence-electron chi connectivity index (χ1n) is 13.2. The molecule has 4 rings (SSSR count). The van der Waals surface area contributed by atoms with E-state index >= 15 is 0 Å². The van der Waals surface area contributed by atoms with E-state index in [1.54, 1.807) is 4.90 Å². The van der Waals surface area contributed by atoms with Crippen LogP contribution in [0.3, 0.4) is 0 Å². The molecule has 8 nitrogen and oxygen atoms in total. The molecule has 0 saturated heterocycles. The third-order valence-corrected chi connectivity index (χ3v) is 6.63. The number of nitrogens with one attached hydrogen (secondary N) is 1. The number of amides is 1. The van der Waals surface area contributed by atoms with Crippen LogP contribution in [0.4, 0.5) is 5.69 Å². The fraction of sp³-hybridized carbons (Fsp3) is 0.333. The van der Waals surface area contributed by atoms with Crippen LogP contribution in [0.2, 0.25) is 0 Å². The molecule has 0 unspecified atom stereocenters. The number of likely N-dealkylation sites (N-methyl/N-ethyl adjacent to an activating group) is 2. The maximum absolute atomic E-state index is 13.5. The molecule has 1 N–H and O–H groups in total. The van der Waals surface area contributed by atoms with Gasteiger partial charge in [-0.25, -0.2) is 9.67 Å². The molecular weight excluding hydrogens is 474 g/mol. The lowest BCUT2D eigenvalue weighted by Crippen LogP contribution is -2.34. The molecule has 3 aromatic rings.